The van der Waals surface area contributed by atoms with E-state index in [9.17, 15) is 14.0 Å². The molecule has 0 aromatic heterocycles. The number of aliphatic carboxylic acids is 1. The van der Waals surface area contributed by atoms with Crippen LogP contribution < -0.4 is 0 Å². The van der Waals surface area contributed by atoms with Crippen molar-refractivity contribution in [3.05, 3.63) is 35.1 Å². The Labute approximate surface area is 73.8 Å². The van der Waals surface area contributed by atoms with Crippen LogP contribution >= 0.6 is 0 Å². The minimum Gasteiger partial charge on any atom is -0.481 e. The summed E-state index contributed by atoms with van der Waals surface area (Å²) < 4.78 is 13.1. The Balaban J connectivity index is 3.07. The predicted octanol–water partition coefficient (Wildman–Crippen LogP) is 1.27. The molecule has 0 saturated heterocycles. The molecule has 1 aromatic carbocycles. The van der Waals surface area contributed by atoms with Crippen molar-refractivity contribution in [2.24, 2.45) is 0 Å². The van der Waals surface area contributed by atoms with Crippen LogP contribution in [0.5, 0.6) is 0 Å². The number of hydrogen-bond acceptors (Lipinski definition) is 2. The first-order valence-electron chi connectivity index (χ1n) is 3.59. The second kappa shape index (κ2) is 3.80. The van der Waals surface area contributed by atoms with Gasteiger partial charge in [0.25, 0.3) is 0 Å². The molecule has 1 N–H and O–H groups in total. The minimum atomic E-state index is -1.12. The average molecular weight is 182 g/mol. The van der Waals surface area contributed by atoms with Crippen LogP contribution in [0.1, 0.15) is 15.9 Å². The van der Waals surface area contributed by atoms with Gasteiger partial charge in [-0.3, -0.25) is 9.59 Å². The van der Waals surface area contributed by atoms with Gasteiger partial charge in [-0.15, -0.1) is 0 Å². The van der Waals surface area contributed by atoms with Gasteiger partial charge < -0.3 is 5.11 Å². The molecule has 0 unspecified atom stereocenters. The molecule has 0 heterocycles. The van der Waals surface area contributed by atoms with E-state index in [0.717, 1.165) is 0 Å². The average Bonchev–Trinajstić information content (AvgIpc) is 2.08. The first-order valence-corrected chi connectivity index (χ1v) is 3.59. The fourth-order valence-corrected chi connectivity index (χ4v) is 0.990. The number of hydrogen-bond donors (Lipinski definition) is 1. The third-order valence-corrected chi connectivity index (χ3v) is 1.58. The number of carbonyl (C=O) groups excluding carboxylic acids is 1. The highest BCUT2D eigenvalue weighted by molar-refractivity contribution is 5.77. The smallest absolute Gasteiger partial charge is 0.307 e. The van der Waals surface area contributed by atoms with Crippen LogP contribution in [0.2, 0.25) is 0 Å². The van der Waals surface area contributed by atoms with Gasteiger partial charge in [0.15, 0.2) is 6.29 Å². The molecule has 13 heavy (non-hydrogen) atoms. The number of benzene rings is 1. The molecule has 0 aliphatic rings. The SMILES string of the molecule is O=Cc1cccc(CC(=O)O)c1F. The standard InChI is InChI=1S/C9H7FO3/c10-9-6(4-8(12)13)2-1-3-7(9)5-11/h1-3,5H,4H2,(H,12,13). The van der Waals surface area contributed by atoms with Crippen LogP contribution in [0.3, 0.4) is 0 Å². The Kier molecular flexibility index (Phi) is 2.74. The first kappa shape index (κ1) is 9.38. The lowest BCUT2D eigenvalue weighted by atomic mass is 10.1. The van der Waals surface area contributed by atoms with Crippen LogP contribution in [0.4, 0.5) is 4.39 Å². The van der Waals surface area contributed by atoms with Crippen molar-refractivity contribution in [1.29, 1.82) is 0 Å². The van der Waals surface area contributed by atoms with E-state index < -0.39 is 18.2 Å². The van der Waals surface area contributed by atoms with Gasteiger partial charge in [-0.2, -0.15) is 0 Å². The summed E-state index contributed by atoms with van der Waals surface area (Å²) in [5.74, 6) is -1.87. The Morgan fingerprint density at radius 1 is 1.54 bits per heavy atom. The summed E-state index contributed by atoms with van der Waals surface area (Å²) in [4.78, 5) is 20.5. The molecule has 68 valence electrons. The molecule has 0 atom stereocenters. The zero-order valence-corrected chi connectivity index (χ0v) is 6.66. The molecule has 0 aliphatic heterocycles. The molecule has 0 amide bonds. The summed E-state index contributed by atoms with van der Waals surface area (Å²) in [6.07, 6.45) is -0.0474. The molecular formula is C9H7FO3. The van der Waals surface area contributed by atoms with Crippen molar-refractivity contribution in [3.8, 4) is 0 Å². The van der Waals surface area contributed by atoms with Crippen LogP contribution in [0.15, 0.2) is 18.2 Å². The fourth-order valence-electron chi connectivity index (χ4n) is 0.990. The quantitative estimate of drug-likeness (QED) is 0.716. The normalized spacial score (nSPS) is 9.62. The van der Waals surface area contributed by atoms with E-state index in [4.69, 9.17) is 5.11 Å². The molecule has 0 spiro atoms. The maximum Gasteiger partial charge on any atom is 0.307 e. The van der Waals surface area contributed by atoms with Gasteiger partial charge in [0.05, 0.1) is 12.0 Å². The molecular weight excluding hydrogens is 175 g/mol. The van der Waals surface area contributed by atoms with E-state index in [1.165, 1.54) is 18.2 Å². The van der Waals surface area contributed by atoms with Gasteiger partial charge in [0.1, 0.15) is 5.82 Å². The van der Waals surface area contributed by atoms with E-state index in [2.05, 4.69) is 0 Å². The zero-order chi connectivity index (χ0) is 9.84. The lowest BCUT2D eigenvalue weighted by Gasteiger charge is -2.00. The van der Waals surface area contributed by atoms with Crippen molar-refractivity contribution < 1.29 is 19.1 Å². The molecule has 1 aromatic rings. The van der Waals surface area contributed by atoms with E-state index in [1.54, 1.807) is 0 Å². The van der Waals surface area contributed by atoms with E-state index in [0.29, 0.717) is 6.29 Å². The van der Waals surface area contributed by atoms with Gasteiger partial charge in [0, 0.05) is 0 Å². The predicted molar refractivity (Wildman–Crippen MR) is 43.1 cm³/mol. The molecule has 0 bridgehead atoms. The van der Waals surface area contributed by atoms with Crippen LogP contribution in [0, 0.1) is 5.82 Å². The fraction of sp³-hybridized carbons (Fsp3) is 0.111. The molecule has 4 heteroatoms. The van der Waals surface area contributed by atoms with Crippen molar-refractivity contribution in [1.82, 2.24) is 0 Å². The van der Waals surface area contributed by atoms with Crippen LogP contribution in [0.25, 0.3) is 0 Å². The highest BCUT2D eigenvalue weighted by Crippen LogP contribution is 2.11. The highest BCUT2D eigenvalue weighted by atomic mass is 19.1. The van der Waals surface area contributed by atoms with E-state index in [-0.39, 0.29) is 11.1 Å². The summed E-state index contributed by atoms with van der Waals surface area (Å²) in [6.45, 7) is 0. The number of aldehydes is 1. The Bertz CT molecular complexity index is 347. The van der Waals surface area contributed by atoms with Gasteiger partial charge >= 0.3 is 5.97 Å². The molecule has 3 nitrogen and oxygen atoms in total. The lowest BCUT2D eigenvalue weighted by Crippen LogP contribution is -2.04. The molecule has 0 saturated carbocycles. The number of halogens is 1. The Morgan fingerprint density at radius 3 is 2.77 bits per heavy atom. The molecule has 1 rings (SSSR count). The topological polar surface area (TPSA) is 54.4 Å². The number of carboxylic acid groups (broad SMARTS) is 1. The summed E-state index contributed by atoms with van der Waals surface area (Å²) >= 11 is 0. The van der Waals surface area contributed by atoms with Crippen molar-refractivity contribution in [2.75, 3.05) is 0 Å². The van der Waals surface area contributed by atoms with E-state index in [1.807, 2.05) is 0 Å². The summed E-state index contributed by atoms with van der Waals surface area (Å²) in [7, 11) is 0. The zero-order valence-electron chi connectivity index (χ0n) is 6.66. The molecule has 0 aliphatic carbocycles. The number of rotatable bonds is 3. The van der Waals surface area contributed by atoms with Crippen molar-refractivity contribution >= 4 is 12.3 Å². The Morgan fingerprint density at radius 2 is 2.23 bits per heavy atom. The number of carboxylic acids is 1. The minimum absolute atomic E-state index is 0.0251. The highest BCUT2D eigenvalue weighted by Gasteiger charge is 2.09. The van der Waals surface area contributed by atoms with Crippen LogP contribution in [-0.2, 0) is 11.2 Å². The maximum absolute atomic E-state index is 13.1. The van der Waals surface area contributed by atoms with Gasteiger partial charge in [0.2, 0.25) is 0 Å². The summed E-state index contributed by atoms with van der Waals surface area (Å²) in [6, 6.07) is 4.09. The molecule has 0 radical (unpaired) electrons. The van der Waals surface area contributed by atoms with Crippen molar-refractivity contribution in [3.63, 3.8) is 0 Å². The van der Waals surface area contributed by atoms with E-state index >= 15 is 0 Å². The molecule has 0 fully saturated rings. The summed E-state index contributed by atoms with van der Waals surface area (Å²) in [5.41, 5.74) is -0.0872. The third-order valence-electron chi connectivity index (χ3n) is 1.58. The monoisotopic (exact) mass is 182 g/mol. The van der Waals surface area contributed by atoms with Gasteiger partial charge in [-0.1, -0.05) is 12.1 Å². The Hall–Kier alpha value is -1.71. The second-order valence-corrected chi connectivity index (χ2v) is 2.51. The number of carbonyl (C=O) groups is 2. The summed E-state index contributed by atoms with van der Waals surface area (Å²) in [5, 5.41) is 8.40. The lowest BCUT2D eigenvalue weighted by molar-refractivity contribution is -0.136. The second-order valence-electron chi connectivity index (χ2n) is 2.51. The maximum atomic E-state index is 13.1. The largest absolute Gasteiger partial charge is 0.481 e. The van der Waals surface area contributed by atoms with Crippen molar-refractivity contribution in [2.45, 2.75) is 6.42 Å². The van der Waals surface area contributed by atoms with Gasteiger partial charge in [-0.25, -0.2) is 4.39 Å². The van der Waals surface area contributed by atoms with Gasteiger partial charge in [-0.05, 0) is 11.6 Å². The first-order chi connectivity index (χ1) is 6.15. The third kappa shape index (κ3) is 2.11. The van der Waals surface area contributed by atoms with Crippen LogP contribution in [-0.4, -0.2) is 17.4 Å².